The second-order valence-corrected chi connectivity index (χ2v) is 5.83. The molecule has 0 fully saturated rings. The first-order valence-corrected chi connectivity index (χ1v) is 6.32. The van der Waals surface area contributed by atoms with E-state index in [1.807, 2.05) is 49.4 Å². The molecule has 0 bridgehead atoms. The van der Waals surface area contributed by atoms with Gasteiger partial charge < -0.3 is 0 Å². The molecule has 0 radical (unpaired) electrons. The molecule has 2 aromatic carbocycles. The van der Waals surface area contributed by atoms with Crippen LogP contribution in [-0.4, -0.2) is 0 Å². The van der Waals surface area contributed by atoms with Crippen LogP contribution in [0.3, 0.4) is 0 Å². The third kappa shape index (κ3) is 2.48. The van der Waals surface area contributed by atoms with Crippen LogP contribution < -0.4 is 0 Å². The van der Waals surface area contributed by atoms with Crippen molar-refractivity contribution in [1.29, 1.82) is 0 Å². The van der Waals surface area contributed by atoms with Gasteiger partial charge in [0.2, 0.25) is 0 Å². The van der Waals surface area contributed by atoms with Crippen molar-refractivity contribution in [3.8, 4) is 11.1 Å². The maximum Gasteiger partial charge on any atom is 0.0280 e. The molecule has 0 heteroatoms. The highest BCUT2D eigenvalue weighted by atomic mass is 14.2. The minimum Gasteiger partial charge on any atom is -0.0622 e. The summed E-state index contributed by atoms with van der Waals surface area (Å²) in [5, 5.41) is 0. The quantitative estimate of drug-likeness (QED) is 0.638. The first-order chi connectivity index (χ1) is 9.60. The molecule has 18 heavy (non-hydrogen) atoms. The molecule has 0 N–H and O–H groups in total. The number of benzene rings is 2. The van der Waals surface area contributed by atoms with Gasteiger partial charge in [0.1, 0.15) is 0 Å². The molecule has 0 aliphatic carbocycles. The topological polar surface area (TPSA) is 0 Å². The molecule has 0 aliphatic heterocycles. The molecule has 0 saturated carbocycles. The van der Waals surface area contributed by atoms with E-state index in [1.165, 1.54) is 5.56 Å². The van der Waals surface area contributed by atoms with Crippen molar-refractivity contribution in [2.75, 3.05) is 0 Å². The third-order valence-electron chi connectivity index (χ3n) is 3.26. The fraction of sp³-hybridized carbons (Fsp3) is 0.333. The van der Waals surface area contributed by atoms with Crippen LogP contribution in [0.1, 0.15) is 41.6 Å². The lowest BCUT2D eigenvalue weighted by Gasteiger charge is -2.24. The molecular formula is C18H22. The van der Waals surface area contributed by atoms with Crippen molar-refractivity contribution in [2.45, 2.75) is 40.0 Å². The molecule has 2 aromatic rings. The zero-order chi connectivity index (χ0) is 15.8. The molecular weight excluding hydrogens is 216 g/mol. The molecule has 0 heterocycles. The highest BCUT2D eigenvalue weighted by Crippen LogP contribution is 2.32. The van der Waals surface area contributed by atoms with Crippen molar-refractivity contribution in [3.05, 3.63) is 59.2 Å². The van der Waals surface area contributed by atoms with Gasteiger partial charge in [-0.05, 0) is 47.0 Å². The summed E-state index contributed by atoms with van der Waals surface area (Å²) < 4.78 is 23.5. The smallest absolute Gasteiger partial charge is 0.0280 e. The van der Waals surface area contributed by atoms with Crippen LogP contribution >= 0.6 is 0 Å². The van der Waals surface area contributed by atoms with Gasteiger partial charge in [-0.25, -0.2) is 0 Å². The third-order valence-corrected chi connectivity index (χ3v) is 3.26. The lowest BCUT2D eigenvalue weighted by Crippen LogP contribution is -2.13. The SMILES string of the molecule is [2H]C([2H])([2H])c1cc(C)c(C(C)(C)C)cc1-c1ccccc1. The van der Waals surface area contributed by atoms with Crippen molar-refractivity contribution < 1.29 is 4.11 Å². The molecule has 0 atom stereocenters. The van der Waals surface area contributed by atoms with Crippen LogP contribution in [0.4, 0.5) is 0 Å². The zero-order valence-corrected chi connectivity index (χ0v) is 11.5. The van der Waals surface area contributed by atoms with Crippen molar-refractivity contribution in [2.24, 2.45) is 0 Å². The summed E-state index contributed by atoms with van der Waals surface area (Å²) in [4.78, 5) is 0. The largest absolute Gasteiger partial charge is 0.0622 e. The summed E-state index contributed by atoms with van der Waals surface area (Å²) in [5.41, 5.74) is 4.41. The van der Waals surface area contributed by atoms with Gasteiger partial charge in [0.25, 0.3) is 0 Å². The van der Waals surface area contributed by atoms with Gasteiger partial charge in [-0.15, -0.1) is 0 Å². The molecule has 0 spiro atoms. The Labute approximate surface area is 115 Å². The van der Waals surface area contributed by atoms with Gasteiger partial charge in [0.05, 0.1) is 0 Å². The Bertz CT molecular complexity index is 632. The van der Waals surface area contributed by atoms with E-state index >= 15 is 0 Å². The van der Waals surface area contributed by atoms with Gasteiger partial charge in [-0.3, -0.25) is 0 Å². The first-order valence-electron chi connectivity index (χ1n) is 7.82. The maximum atomic E-state index is 7.82. The normalized spacial score (nSPS) is 14.8. The summed E-state index contributed by atoms with van der Waals surface area (Å²) in [6.45, 7) is 6.34. The van der Waals surface area contributed by atoms with Crippen LogP contribution in [0.5, 0.6) is 0 Å². The van der Waals surface area contributed by atoms with E-state index in [0.717, 1.165) is 16.7 Å². The lowest BCUT2D eigenvalue weighted by molar-refractivity contribution is 0.586. The van der Waals surface area contributed by atoms with Crippen molar-refractivity contribution in [3.63, 3.8) is 0 Å². The summed E-state index contributed by atoms with van der Waals surface area (Å²) in [6, 6.07) is 13.6. The van der Waals surface area contributed by atoms with Crippen LogP contribution in [0.15, 0.2) is 42.5 Å². The van der Waals surface area contributed by atoms with Crippen molar-refractivity contribution in [1.82, 2.24) is 0 Å². The highest BCUT2D eigenvalue weighted by Gasteiger charge is 2.18. The molecule has 0 saturated heterocycles. The number of rotatable bonds is 1. The minimum atomic E-state index is -2.10. The molecule has 2 rings (SSSR count). The minimum absolute atomic E-state index is 0.0130. The van der Waals surface area contributed by atoms with E-state index in [1.54, 1.807) is 0 Å². The van der Waals surface area contributed by atoms with Crippen LogP contribution in [-0.2, 0) is 5.41 Å². The summed E-state index contributed by atoms with van der Waals surface area (Å²) in [5.74, 6) is 0. The second-order valence-electron chi connectivity index (χ2n) is 5.83. The van der Waals surface area contributed by atoms with Crippen molar-refractivity contribution >= 4 is 0 Å². The first kappa shape index (κ1) is 9.38. The van der Waals surface area contributed by atoms with E-state index in [0.29, 0.717) is 5.56 Å². The van der Waals surface area contributed by atoms with Gasteiger partial charge in [0, 0.05) is 4.11 Å². The standard InChI is InChI=1S/C18H22/c1-13-11-14(2)17(18(3,4)5)12-16(13)15-9-7-6-8-10-15/h6-12H,1-5H3/i1D3. The van der Waals surface area contributed by atoms with E-state index < -0.39 is 6.85 Å². The Balaban J connectivity index is 2.76. The Morgan fingerprint density at radius 2 is 1.61 bits per heavy atom. The van der Waals surface area contributed by atoms with E-state index in [-0.39, 0.29) is 5.41 Å². The Morgan fingerprint density at radius 1 is 0.944 bits per heavy atom. The molecule has 0 aromatic heterocycles. The highest BCUT2D eigenvalue weighted by molar-refractivity contribution is 5.69. The van der Waals surface area contributed by atoms with Gasteiger partial charge in [-0.2, -0.15) is 0 Å². The number of hydrogen-bond acceptors (Lipinski definition) is 0. The van der Waals surface area contributed by atoms with Crippen LogP contribution in [0.2, 0.25) is 0 Å². The second kappa shape index (κ2) is 4.61. The molecule has 0 unspecified atom stereocenters. The molecule has 0 nitrogen and oxygen atoms in total. The number of aryl methyl sites for hydroxylation is 2. The van der Waals surface area contributed by atoms with Crippen LogP contribution in [0.25, 0.3) is 11.1 Å². The average molecular weight is 241 g/mol. The number of hydrogen-bond donors (Lipinski definition) is 0. The van der Waals surface area contributed by atoms with Gasteiger partial charge >= 0.3 is 0 Å². The summed E-state index contributed by atoms with van der Waals surface area (Å²) >= 11 is 0. The van der Waals surface area contributed by atoms with E-state index in [2.05, 4.69) is 20.8 Å². The van der Waals surface area contributed by atoms with E-state index in [4.69, 9.17) is 4.11 Å². The predicted molar refractivity (Wildman–Crippen MR) is 80.1 cm³/mol. The summed E-state index contributed by atoms with van der Waals surface area (Å²) in [7, 11) is 0. The van der Waals surface area contributed by atoms with Gasteiger partial charge in [0.15, 0.2) is 0 Å². The van der Waals surface area contributed by atoms with E-state index in [9.17, 15) is 0 Å². The summed E-state index contributed by atoms with van der Waals surface area (Å²) in [6.07, 6.45) is 0. The predicted octanol–water partition coefficient (Wildman–Crippen LogP) is 5.27. The van der Waals surface area contributed by atoms with Gasteiger partial charge in [-0.1, -0.05) is 63.2 Å². The maximum absolute atomic E-state index is 7.82. The monoisotopic (exact) mass is 241 g/mol. The Hall–Kier alpha value is -1.56. The van der Waals surface area contributed by atoms with Crippen LogP contribution in [0, 0.1) is 13.8 Å². The fourth-order valence-electron chi connectivity index (χ4n) is 2.37. The Morgan fingerprint density at radius 3 is 2.17 bits per heavy atom. The average Bonchev–Trinajstić information content (AvgIpc) is 2.37. The Kier molecular flexibility index (Phi) is 2.40. The molecule has 0 aliphatic rings. The zero-order valence-electron chi connectivity index (χ0n) is 14.5. The molecule has 0 amide bonds. The fourth-order valence-corrected chi connectivity index (χ4v) is 2.37. The lowest BCUT2D eigenvalue weighted by atomic mass is 9.81. The molecule has 94 valence electrons.